The minimum Gasteiger partial charge on any atom is -0.259 e. The van der Waals surface area contributed by atoms with Gasteiger partial charge in [-0.3, -0.25) is 20.2 Å². The first-order chi connectivity index (χ1) is 5.83. The van der Waals surface area contributed by atoms with E-state index in [0.717, 1.165) is 0 Å². The Bertz CT molecular complexity index is 336. The third-order valence-electron chi connectivity index (χ3n) is 0.745. The van der Waals surface area contributed by atoms with Gasteiger partial charge in [-0.15, -0.1) is 0 Å². The molecule has 72 valence electrons. The number of hydrogen-bond donors (Lipinski definition) is 0. The lowest BCUT2D eigenvalue weighted by Gasteiger charge is -1.82. The fraction of sp³-hybridized carbons (Fsp3) is 0. The molecule has 0 aromatic rings. The van der Waals surface area contributed by atoms with E-state index in [2.05, 4.69) is 0 Å². The van der Waals surface area contributed by atoms with Crippen LogP contribution in [0.2, 0.25) is 0 Å². The molecule has 0 spiro atoms. The van der Waals surface area contributed by atoms with Gasteiger partial charge in [0.2, 0.25) is 22.2 Å². The smallest absolute Gasteiger partial charge is 0.246 e. The second-order valence-corrected chi connectivity index (χ2v) is 3.45. The first-order valence-corrected chi connectivity index (χ1v) is 4.33. The second-order valence-electron chi connectivity index (χ2n) is 1.73. The van der Waals surface area contributed by atoms with E-state index in [9.17, 15) is 28.6 Å². The largest absolute Gasteiger partial charge is 0.259 e. The summed E-state index contributed by atoms with van der Waals surface area (Å²) in [7, 11) is -4.02. The van der Waals surface area contributed by atoms with Crippen molar-refractivity contribution >= 4 is 9.84 Å². The van der Waals surface area contributed by atoms with Gasteiger partial charge in [0.25, 0.3) is 0 Å². The fourth-order valence-corrected chi connectivity index (χ4v) is 0.943. The summed E-state index contributed by atoms with van der Waals surface area (Å²) < 4.78 is 21.3. The lowest BCUT2D eigenvalue weighted by molar-refractivity contribution is -0.402. The Morgan fingerprint density at radius 1 is 0.923 bits per heavy atom. The van der Waals surface area contributed by atoms with E-state index >= 15 is 0 Å². The summed E-state index contributed by atoms with van der Waals surface area (Å²) in [6.45, 7) is 0. The van der Waals surface area contributed by atoms with Gasteiger partial charge in [0.05, 0.1) is 9.85 Å². The third kappa shape index (κ3) is 6.62. The summed E-state index contributed by atoms with van der Waals surface area (Å²) in [5.74, 6) is 0. The van der Waals surface area contributed by atoms with Crippen LogP contribution in [0.4, 0.5) is 0 Å². The van der Waals surface area contributed by atoms with Crippen molar-refractivity contribution in [2.75, 3.05) is 0 Å². The van der Waals surface area contributed by atoms with E-state index in [0.29, 0.717) is 0 Å². The van der Waals surface area contributed by atoms with E-state index in [-0.39, 0.29) is 23.2 Å². The van der Waals surface area contributed by atoms with Crippen molar-refractivity contribution in [1.29, 1.82) is 0 Å². The van der Waals surface area contributed by atoms with Crippen LogP contribution in [0.1, 0.15) is 0 Å². The van der Waals surface area contributed by atoms with Gasteiger partial charge in [0, 0.05) is 0 Å². The van der Waals surface area contributed by atoms with Crippen LogP contribution in [0.15, 0.2) is 23.2 Å². The zero-order valence-electron chi connectivity index (χ0n) is 6.06. The zero-order chi connectivity index (χ0) is 10.5. The highest BCUT2D eigenvalue weighted by atomic mass is 32.2. The molecule has 0 saturated carbocycles. The minimum atomic E-state index is -4.02. The number of sulfone groups is 1. The predicted octanol–water partition coefficient (Wildman–Crippen LogP) is -0.103. The van der Waals surface area contributed by atoms with Crippen molar-refractivity contribution in [2.45, 2.75) is 0 Å². The Morgan fingerprint density at radius 2 is 1.23 bits per heavy atom. The summed E-state index contributed by atoms with van der Waals surface area (Å²) in [5.41, 5.74) is 0. The van der Waals surface area contributed by atoms with Crippen molar-refractivity contribution < 1.29 is 18.3 Å². The monoisotopic (exact) mass is 208 g/mol. The predicted molar refractivity (Wildman–Crippen MR) is 41.2 cm³/mol. The van der Waals surface area contributed by atoms with E-state index < -0.39 is 19.7 Å². The molecule has 0 bridgehead atoms. The number of hydrogen-bond acceptors (Lipinski definition) is 6. The highest BCUT2D eigenvalue weighted by Crippen LogP contribution is 1.94. The Kier molecular flexibility index (Phi) is 3.72. The van der Waals surface area contributed by atoms with Crippen molar-refractivity contribution in [3.05, 3.63) is 43.4 Å². The van der Waals surface area contributed by atoms with Gasteiger partial charge in [0.15, 0.2) is 0 Å². The highest BCUT2D eigenvalue weighted by molar-refractivity contribution is 7.97. The van der Waals surface area contributed by atoms with Crippen LogP contribution in [0.3, 0.4) is 0 Å². The maximum absolute atomic E-state index is 10.7. The molecule has 0 rings (SSSR count). The molecule has 0 unspecified atom stereocenters. The van der Waals surface area contributed by atoms with Gasteiger partial charge in [-0.2, -0.15) is 0 Å². The van der Waals surface area contributed by atoms with Crippen LogP contribution in [0.5, 0.6) is 0 Å². The van der Waals surface area contributed by atoms with Gasteiger partial charge < -0.3 is 0 Å². The maximum Gasteiger partial charge on any atom is 0.246 e. The molecule has 9 heteroatoms. The maximum atomic E-state index is 10.7. The SMILES string of the molecule is O=[N+]([O-])C=CS(=O)(=O)C=C[N+](=O)[O-]. The standard InChI is InChI=1S/C4H4N2O6S/c7-5(8)1-3-13(11,12)4-2-6(9)10/h1-4H. The summed E-state index contributed by atoms with van der Waals surface area (Å²) in [6, 6.07) is 0. The van der Waals surface area contributed by atoms with Crippen molar-refractivity contribution in [3.63, 3.8) is 0 Å². The van der Waals surface area contributed by atoms with Crippen molar-refractivity contribution in [1.82, 2.24) is 0 Å². The molecular formula is C4H4N2O6S. The topological polar surface area (TPSA) is 120 Å². The van der Waals surface area contributed by atoms with E-state index in [1.165, 1.54) is 0 Å². The van der Waals surface area contributed by atoms with Gasteiger partial charge in [-0.25, -0.2) is 8.42 Å². The molecule has 0 radical (unpaired) electrons. The lowest BCUT2D eigenvalue weighted by atomic mass is 11.1. The summed E-state index contributed by atoms with van der Waals surface area (Å²) >= 11 is 0. The molecule has 0 N–H and O–H groups in total. The van der Waals surface area contributed by atoms with Crippen LogP contribution in [0, 0.1) is 20.2 Å². The quantitative estimate of drug-likeness (QED) is 0.469. The van der Waals surface area contributed by atoms with E-state index in [1.807, 2.05) is 0 Å². The average Bonchev–Trinajstić information content (AvgIpc) is 1.98. The summed E-state index contributed by atoms with van der Waals surface area (Å²) in [5, 5.41) is 19.9. The molecule has 0 saturated heterocycles. The normalized spacial score (nSPS) is 12.3. The molecular weight excluding hydrogens is 204 g/mol. The first-order valence-electron chi connectivity index (χ1n) is 2.72. The molecule has 0 aliphatic rings. The van der Waals surface area contributed by atoms with Crippen LogP contribution in [0.25, 0.3) is 0 Å². The van der Waals surface area contributed by atoms with Gasteiger partial charge >= 0.3 is 0 Å². The molecule has 0 aliphatic carbocycles. The van der Waals surface area contributed by atoms with Gasteiger partial charge in [-0.1, -0.05) is 0 Å². The molecule has 0 atom stereocenters. The van der Waals surface area contributed by atoms with Crippen LogP contribution >= 0.6 is 0 Å². The number of nitrogens with zero attached hydrogens (tertiary/aromatic N) is 2. The number of nitro groups is 2. The van der Waals surface area contributed by atoms with Crippen molar-refractivity contribution in [3.8, 4) is 0 Å². The molecule has 0 heterocycles. The average molecular weight is 208 g/mol. The fourth-order valence-electron chi connectivity index (χ4n) is 0.314. The van der Waals surface area contributed by atoms with Crippen LogP contribution < -0.4 is 0 Å². The molecule has 0 aromatic heterocycles. The molecule has 0 fully saturated rings. The van der Waals surface area contributed by atoms with Crippen LogP contribution in [-0.4, -0.2) is 18.3 Å². The summed E-state index contributed by atoms with van der Waals surface area (Å²) in [6.07, 6.45) is 0.360. The molecule has 8 nitrogen and oxygen atoms in total. The molecule has 0 aromatic carbocycles. The molecule has 0 aliphatic heterocycles. The Labute approximate surface area is 72.4 Å². The zero-order valence-corrected chi connectivity index (χ0v) is 6.88. The Hall–Kier alpha value is -1.77. The third-order valence-corrected chi connectivity index (χ3v) is 1.75. The Morgan fingerprint density at radius 3 is 1.46 bits per heavy atom. The lowest BCUT2D eigenvalue weighted by Crippen LogP contribution is -1.93. The molecule has 0 amide bonds. The summed E-state index contributed by atoms with van der Waals surface area (Å²) in [4.78, 5) is 17.4. The Balaban J connectivity index is 4.62. The van der Waals surface area contributed by atoms with Crippen LogP contribution in [-0.2, 0) is 9.84 Å². The number of rotatable bonds is 4. The first kappa shape index (κ1) is 11.2. The minimum absolute atomic E-state index is 0.180. The second kappa shape index (κ2) is 4.30. The highest BCUT2D eigenvalue weighted by Gasteiger charge is 2.04. The van der Waals surface area contributed by atoms with Gasteiger partial charge in [-0.05, 0) is 0 Å². The van der Waals surface area contributed by atoms with Crippen molar-refractivity contribution in [2.24, 2.45) is 0 Å². The molecule has 13 heavy (non-hydrogen) atoms. The van der Waals surface area contributed by atoms with E-state index in [4.69, 9.17) is 0 Å². The van der Waals surface area contributed by atoms with Gasteiger partial charge in [0.1, 0.15) is 10.8 Å². The van der Waals surface area contributed by atoms with E-state index in [1.54, 1.807) is 0 Å².